The lowest BCUT2D eigenvalue weighted by atomic mass is 9.74. The van der Waals surface area contributed by atoms with Crippen molar-refractivity contribution in [3.05, 3.63) is 63.6 Å². The van der Waals surface area contributed by atoms with Gasteiger partial charge in [0.15, 0.2) is 0 Å². The van der Waals surface area contributed by atoms with Gasteiger partial charge < -0.3 is 15.2 Å². The van der Waals surface area contributed by atoms with Crippen LogP contribution in [0.2, 0.25) is 10.0 Å². The van der Waals surface area contributed by atoms with Crippen LogP contribution in [0.5, 0.6) is 5.75 Å². The maximum absolute atomic E-state index is 13.0. The van der Waals surface area contributed by atoms with Crippen molar-refractivity contribution in [3.8, 4) is 5.75 Å². The Bertz CT molecular complexity index is 811. The van der Waals surface area contributed by atoms with Gasteiger partial charge >= 0.3 is 0 Å². The molecule has 0 bridgehead atoms. The molecule has 2 N–H and O–H groups in total. The minimum Gasteiger partial charge on any atom is -0.487 e. The first-order chi connectivity index (χ1) is 11.7. The second kappa shape index (κ2) is 6.20. The summed E-state index contributed by atoms with van der Waals surface area (Å²) in [7, 11) is 0. The molecule has 1 aliphatic heterocycles. The number of carbonyl (C=O) groups excluding carboxylic acids is 1. The van der Waals surface area contributed by atoms with E-state index in [2.05, 4.69) is 5.32 Å². The van der Waals surface area contributed by atoms with Crippen molar-refractivity contribution < 1.29 is 14.6 Å². The van der Waals surface area contributed by atoms with Gasteiger partial charge in [0.1, 0.15) is 17.4 Å². The summed E-state index contributed by atoms with van der Waals surface area (Å²) in [5.41, 5.74) is -1.57. The molecule has 0 saturated heterocycles. The molecule has 0 aliphatic carbocycles. The maximum Gasteiger partial charge on any atom is 0.255 e. The van der Waals surface area contributed by atoms with E-state index in [0.717, 1.165) is 0 Å². The molecule has 1 heterocycles. The zero-order chi connectivity index (χ0) is 18.4. The molecule has 3 rings (SSSR count). The predicted octanol–water partition coefficient (Wildman–Crippen LogP) is 4.17. The minimum absolute atomic E-state index is 0.172. The summed E-state index contributed by atoms with van der Waals surface area (Å²) in [6.45, 7) is 5.10. The van der Waals surface area contributed by atoms with Crippen LogP contribution in [0.4, 0.5) is 0 Å². The SMILES string of the molecule is CC1Oc2ccccc2C1(NC(=O)c1c(Cl)cccc1Cl)C(C)(C)O. The van der Waals surface area contributed by atoms with Crippen molar-refractivity contribution in [2.75, 3.05) is 0 Å². The lowest BCUT2D eigenvalue weighted by molar-refractivity contribution is -0.0558. The number of ether oxygens (including phenoxy) is 1. The lowest BCUT2D eigenvalue weighted by Gasteiger charge is -2.43. The standard InChI is InChI=1S/C19H19Cl2NO3/c1-11-19(18(2,3)24,12-7-4-5-10-15(12)25-11)22-17(23)16-13(20)8-6-9-14(16)21/h4-11,24H,1-3H3,(H,22,23). The topological polar surface area (TPSA) is 58.6 Å². The Morgan fingerprint density at radius 3 is 2.36 bits per heavy atom. The fourth-order valence-electron chi connectivity index (χ4n) is 3.50. The number of halogens is 2. The largest absolute Gasteiger partial charge is 0.487 e. The molecule has 0 aromatic heterocycles. The molecule has 0 fully saturated rings. The monoisotopic (exact) mass is 379 g/mol. The van der Waals surface area contributed by atoms with Crippen molar-refractivity contribution in [1.29, 1.82) is 0 Å². The van der Waals surface area contributed by atoms with Gasteiger partial charge in [-0.1, -0.05) is 47.5 Å². The van der Waals surface area contributed by atoms with E-state index in [1.54, 1.807) is 32.0 Å². The molecule has 2 unspecified atom stereocenters. The summed E-state index contributed by atoms with van der Waals surface area (Å²) in [6.07, 6.45) is -0.491. The van der Waals surface area contributed by atoms with Crippen LogP contribution in [0, 0.1) is 0 Å². The summed E-state index contributed by atoms with van der Waals surface area (Å²) in [5, 5.41) is 14.4. The first kappa shape index (κ1) is 18.1. The predicted molar refractivity (Wildman–Crippen MR) is 98.4 cm³/mol. The van der Waals surface area contributed by atoms with Crippen LogP contribution in [0.3, 0.4) is 0 Å². The van der Waals surface area contributed by atoms with Gasteiger partial charge in [0, 0.05) is 5.56 Å². The highest BCUT2D eigenvalue weighted by Gasteiger charge is 2.57. The van der Waals surface area contributed by atoms with E-state index in [0.29, 0.717) is 11.3 Å². The van der Waals surface area contributed by atoms with Crippen LogP contribution in [-0.2, 0) is 5.54 Å². The number of hydrogen-bond donors (Lipinski definition) is 2. The third kappa shape index (κ3) is 2.78. The average Bonchev–Trinajstić information content (AvgIpc) is 2.80. The number of carbonyl (C=O) groups is 1. The molecular weight excluding hydrogens is 361 g/mol. The average molecular weight is 380 g/mol. The summed E-state index contributed by atoms with van der Waals surface area (Å²) < 4.78 is 5.91. The minimum atomic E-state index is -1.30. The summed E-state index contributed by atoms with van der Waals surface area (Å²) in [4.78, 5) is 13.0. The molecule has 132 valence electrons. The van der Waals surface area contributed by atoms with E-state index in [1.165, 1.54) is 0 Å². The molecule has 2 atom stereocenters. The molecule has 0 saturated carbocycles. The number of aliphatic hydroxyl groups is 1. The zero-order valence-corrected chi connectivity index (χ0v) is 15.7. The third-order valence-electron chi connectivity index (χ3n) is 4.69. The number of rotatable bonds is 3. The van der Waals surface area contributed by atoms with Crippen LogP contribution >= 0.6 is 23.2 Å². The number of amides is 1. The Hall–Kier alpha value is -1.75. The van der Waals surface area contributed by atoms with E-state index in [1.807, 2.05) is 31.2 Å². The van der Waals surface area contributed by atoms with Crippen molar-refractivity contribution in [1.82, 2.24) is 5.32 Å². The van der Waals surface area contributed by atoms with Crippen molar-refractivity contribution >= 4 is 29.1 Å². The Morgan fingerprint density at radius 2 is 1.76 bits per heavy atom. The van der Waals surface area contributed by atoms with Crippen LogP contribution < -0.4 is 10.1 Å². The fraction of sp³-hybridized carbons (Fsp3) is 0.316. The summed E-state index contributed by atoms with van der Waals surface area (Å²) in [6, 6.07) is 12.2. The van der Waals surface area contributed by atoms with E-state index in [4.69, 9.17) is 27.9 Å². The van der Waals surface area contributed by atoms with Gasteiger partial charge in [0.05, 0.1) is 21.2 Å². The lowest BCUT2D eigenvalue weighted by Crippen LogP contribution is -2.63. The number of para-hydroxylation sites is 1. The van der Waals surface area contributed by atoms with Crippen LogP contribution in [0.15, 0.2) is 42.5 Å². The van der Waals surface area contributed by atoms with Gasteiger partial charge in [-0.25, -0.2) is 0 Å². The first-order valence-corrected chi connectivity index (χ1v) is 8.69. The Morgan fingerprint density at radius 1 is 1.16 bits per heavy atom. The molecule has 6 heteroatoms. The quantitative estimate of drug-likeness (QED) is 0.840. The van der Waals surface area contributed by atoms with Gasteiger partial charge in [0.25, 0.3) is 5.91 Å². The van der Waals surface area contributed by atoms with E-state index in [-0.39, 0.29) is 15.6 Å². The molecule has 2 aromatic carbocycles. The van der Waals surface area contributed by atoms with E-state index in [9.17, 15) is 9.90 Å². The normalized spacial score (nSPS) is 22.2. The molecule has 0 radical (unpaired) electrons. The molecule has 25 heavy (non-hydrogen) atoms. The van der Waals surface area contributed by atoms with Gasteiger partial charge in [-0.05, 0) is 39.0 Å². The zero-order valence-electron chi connectivity index (χ0n) is 14.1. The van der Waals surface area contributed by atoms with Crippen molar-refractivity contribution in [2.45, 2.75) is 38.0 Å². The number of fused-ring (bicyclic) bond motifs is 1. The van der Waals surface area contributed by atoms with Crippen molar-refractivity contribution in [3.63, 3.8) is 0 Å². The first-order valence-electron chi connectivity index (χ1n) is 7.93. The van der Waals surface area contributed by atoms with Gasteiger partial charge in [-0.15, -0.1) is 0 Å². The Kier molecular flexibility index (Phi) is 4.48. The molecule has 0 spiro atoms. The highest BCUT2D eigenvalue weighted by atomic mass is 35.5. The number of nitrogens with one attached hydrogen (secondary N) is 1. The van der Waals surface area contributed by atoms with E-state index >= 15 is 0 Å². The second-order valence-corrected chi connectivity index (χ2v) is 7.49. The van der Waals surface area contributed by atoms with Crippen LogP contribution in [-0.4, -0.2) is 22.7 Å². The molecule has 1 amide bonds. The fourth-order valence-corrected chi connectivity index (χ4v) is 4.07. The highest BCUT2D eigenvalue weighted by Crippen LogP contribution is 2.47. The second-order valence-electron chi connectivity index (χ2n) is 6.67. The highest BCUT2D eigenvalue weighted by molar-refractivity contribution is 6.39. The number of benzene rings is 2. The smallest absolute Gasteiger partial charge is 0.255 e. The number of hydrogen-bond acceptors (Lipinski definition) is 3. The van der Waals surface area contributed by atoms with Gasteiger partial charge in [-0.2, -0.15) is 0 Å². The van der Waals surface area contributed by atoms with E-state index < -0.39 is 23.2 Å². The molecule has 2 aromatic rings. The van der Waals surface area contributed by atoms with Gasteiger partial charge in [-0.3, -0.25) is 4.79 Å². The summed E-state index contributed by atoms with van der Waals surface area (Å²) in [5.74, 6) is 0.160. The molecule has 4 nitrogen and oxygen atoms in total. The van der Waals surface area contributed by atoms with Crippen LogP contribution in [0.1, 0.15) is 36.7 Å². The van der Waals surface area contributed by atoms with Gasteiger partial charge in [0.2, 0.25) is 0 Å². The summed E-state index contributed by atoms with van der Waals surface area (Å²) >= 11 is 12.3. The van der Waals surface area contributed by atoms with Crippen molar-refractivity contribution in [2.24, 2.45) is 0 Å². The Labute approximate surface area is 156 Å². The molecule has 1 aliphatic rings. The van der Waals surface area contributed by atoms with Crippen LogP contribution in [0.25, 0.3) is 0 Å². The Balaban J connectivity index is 2.12. The third-order valence-corrected chi connectivity index (χ3v) is 5.32. The molecular formula is C19H19Cl2NO3. The maximum atomic E-state index is 13.0.